The second kappa shape index (κ2) is 14.0. The first kappa shape index (κ1) is 25.9. The van der Waals surface area contributed by atoms with Crippen LogP contribution in [0.1, 0.15) is 25.0 Å². The van der Waals surface area contributed by atoms with Gasteiger partial charge in [0.1, 0.15) is 5.75 Å². The molecule has 0 saturated heterocycles. The van der Waals surface area contributed by atoms with E-state index in [0.717, 1.165) is 42.3 Å². The third kappa shape index (κ3) is 9.11. The highest BCUT2D eigenvalue weighted by molar-refractivity contribution is 14.0. The molecule has 0 aromatic heterocycles. The van der Waals surface area contributed by atoms with E-state index in [-0.39, 0.29) is 24.0 Å². The molecule has 0 bridgehead atoms. The Morgan fingerprint density at radius 1 is 0.967 bits per heavy atom. The average Bonchev–Trinajstić information content (AvgIpc) is 2.73. The number of halogens is 1. The van der Waals surface area contributed by atoms with Gasteiger partial charge in [-0.1, -0.05) is 32.0 Å². The molecule has 0 aliphatic rings. The smallest absolute Gasteiger partial charge is 0.188 e. The molecule has 0 unspecified atom stereocenters. The summed E-state index contributed by atoms with van der Waals surface area (Å²) < 4.78 is 16.3. The lowest BCUT2D eigenvalue weighted by atomic mass is 10.1. The van der Waals surface area contributed by atoms with Gasteiger partial charge in [0.2, 0.25) is 0 Å². The molecular formula is C23H34IN3O3. The summed E-state index contributed by atoms with van der Waals surface area (Å²) in [6.07, 6.45) is 1.65. The predicted octanol–water partition coefficient (Wildman–Crippen LogP) is 4.05. The Kier molecular flexibility index (Phi) is 12.0. The highest BCUT2D eigenvalue weighted by Gasteiger charge is 2.04. The minimum Gasteiger partial charge on any atom is -0.493 e. The maximum absolute atomic E-state index is 5.97. The number of methoxy groups -OCH3 is 2. The summed E-state index contributed by atoms with van der Waals surface area (Å²) in [4.78, 5) is 4.40. The van der Waals surface area contributed by atoms with E-state index in [0.29, 0.717) is 25.0 Å². The molecule has 30 heavy (non-hydrogen) atoms. The summed E-state index contributed by atoms with van der Waals surface area (Å²) in [5, 5.41) is 3.16. The van der Waals surface area contributed by atoms with Gasteiger partial charge in [-0.3, -0.25) is 4.99 Å². The minimum atomic E-state index is 0. The van der Waals surface area contributed by atoms with E-state index in [1.54, 1.807) is 14.2 Å². The van der Waals surface area contributed by atoms with Gasteiger partial charge in [-0.2, -0.15) is 0 Å². The molecular weight excluding hydrogens is 493 g/mol. The fraction of sp³-hybridized carbons (Fsp3) is 0.435. The van der Waals surface area contributed by atoms with Crippen molar-refractivity contribution in [2.24, 2.45) is 16.6 Å². The van der Waals surface area contributed by atoms with Crippen LogP contribution in [0.2, 0.25) is 0 Å². The number of nitrogens with two attached hydrogens (primary N) is 1. The van der Waals surface area contributed by atoms with Crippen molar-refractivity contribution in [2.45, 2.75) is 26.7 Å². The molecule has 0 heterocycles. The van der Waals surface area contributed by atoms with Crippen LogP contribution in [-0.2, 0) is 12.8 Å². The first-order chi connectivity index (χ1) is 14.0. The quantitative estimate of drug-likeness (QED) is 0.262. The van der Waals surface area contributed by atoms with Gasteiger partial charge in [0.15, 0.2) is 17.5 Å². The third-order valence-corrected chi connectivity index (χ3v) is 4.36. The number of nitrogens with one attached hydrogen (secondary N) is 1. The van der Waals surface area contributed by atoms with Crippen LogP contribution in [0, 0.1) is 5.92 Å². The molecule has 2 aromatic carbocycles. The third-order valence-electron chi connectivity index (χ3n) is 4.36. The summed E-state index contributed by atoms with van der Waals surface area (Å²) in [6.45, 7) is 6.35. The molecule has 0 fully saturated rings. The molecule has 0 radical (unpaired) electrons. The van der Waals surface area contributed by atoms with Gasteiger partial charge < -0.3 is 25.3 Å². The van der Waals surface area contributed by atoms with E-state index in [4.69, 9.17) is 19.9 Å². The zero-order valence-electron chi connectivity index (χ0n) is 18.3. The largest absolute Gasteiger partial charge is 0.493 e. The average molecular weight is 527 g/mol. The second-order valence-corrected chi connectivity index (χ2v) is 7.23. The topological polar surface area (TPSA) is 78.1 Å². The zero-order valence-corrected chi connectivity index (χ0v) is 20.6. The Morgan fingerprint density at radius 2 is 1.63 bits per heavy atom. The summed E-state index contributed by atoms with van der Waals surface area (Å²) in [5.74, 6) is 3.34. The maximum Gasteiger partial charge on any atom is 0.188 e. The predicted molar refractivity (Wildman–Crippen MR) is 134 cm³/mol. The fourth-order valence-electron chi connectivity index (χ4n) is 2.75. The molecule has 3 N–H and O–H groups in total. The van der Waals surface area contributed by atoms with Crippen LogP contribution in [-0.4, -0.2) is 39.9 Å². The number of nitrogens with zero attached hydrogens (tertiary/aromatic N) is 1. The van der Waals surface area contributed by atoms with E-state index in [9.17, 15) is 0 Å². The molecule has 0 aliphatic heterocycles. The van der Waals surface area contributed by atoms with E-state index < -0.39 is 0 Å². The number of aliphatic imine (C=N–C) groups is 1. The van der Waals surface area contributed by atoms with Crippen LogP contribution >= 0.6 is 24.0 Å². The first-order valence-corrected chi connectivity index (χ1v) is 9.98. The lowest BCUT2D eigenvalue weighted by Gasteiger charge is -2.10. The Morgan fingerprint density at radius 3 is 2.27 bits per heavy atom. The van der Waals surface area contributed by atoms with Gasteiger partial charge >= 0.3 is 0 Å². The molecule has 6 nitrogen and oxygen atoms in total. The van der Waals surface area contributed by atoms with Gasteiger partial charge in [0, 0.05) is 13.1 Å². The molecule has 2 aromatic rings. The van der Waals surface area contributed by atoms with Gasteiger partial charge in [0.05, 0.1) is 20.8 Å². The highest BCUT2D eigenvalue weighted by atomic mass is 127. The van der Waals surface area contributed by atoms with E-state index in [1.165, 1.54) is 5.56 Å². The molecule has 166 valence electrons. The van der Waals surface area contributed by atoms with Crippen molar-refractivity contribution in [3.8, 4) is 17.2 Å². The number of ether oxygens (including phenoxy) is 3. The first-order valence-electron chi connectivity index (χ1n) is 9.98. The van der Waals surface area contributed by atoms with Crippen LogP contribution in [0.25, 0.3) is 0 Å². The van der Waals surface area contributed by atoms with Crippen molar-refractivity contribution >= 4 is 29.9 Å². The lowest BCUT2D eigenvalue weighted by Crippen LogP contribution is -2.33. The van der Waals surface area contributed by atoms with E-state index in [2.05, 4.69) is 36.3 Å². The normalized spacial score (nSPS) is 11.0. The van der Waals surface area contributed by atoms with Gasteiger partial charge in [-0.05, 0) is 54.2 Å². The van der Waals surface area contributed by atoms with E-state index in [1.807, 2.05) is 30.3 Å². The summed E-state index contributed by atoms with van der Waals surface area (Å²) in [5.41, 5.74) is 8.32. The van der Waals surface area contributed by atoms with Gasteiger partial charge in [0.25, 0.3) is 0 Å². The van der Waals surface area contributed by atoms with Crippen LogP contribution < -0.4 is 25.3 Å². The number of rotatable bonds is 11. The zero-order chi connectivity index (χ0) is 21.1. The molecule has 0 amide bonds. The Labute approximate surface area is 197 Å². The van der Waals surface area contributed by atoms with Gasteiger partial charge in [-0.25, -0.2) is 0 Å². The van der Waals surface area contributed by atoms with Crippen LogP contribution in [0.3, 0.4) is 0 Å². The molecule has 0 atom stereocenters. The number of guanidine groups is 1. The molecule has 0 spiro atoms. The number of hydrogen-bond acceptors (Lipinski definition) is 4. The molecule has 2 rings (SSSR count). The van der Waals surface area contributed by atoms with Crippen LogP contribution in [0.5, 0.6) is 17.2 Å². The molecule has 7 heteroatoms. The summed E-state index contributed by atoms with van der Waals surface area (Å²) in [6, 6.07) is 14.1. The Bertz CT molecular complexity index is 780. The summed E-state index contributed by atoms with van der Waals surface area (Å²) >= 11 is 0. The van der Waals surface area contributed by atoms with Crippen molar-refractivity contribution in [3.05, 3.63) is 53.6 Å². The van der Waals surface area contributed by atoms with Gasteiger partial charge in [-0.15, -0.1) is 24.0 Å². The SMILES string of the molecule is COc1ccc(CCNC(N)=NCCc2ccc(OCC(C)C)cc2)cc1OC.I. The Hall–Kier alpha value is -2.16. The second-order valence-electron chi connectivity index (χ2n) is 7.23. The maximum atomic E-state index is 5.97. The Balaban J connectivity index is 0.00000450. The summed E-state index contributed by atoms with van der Waals surface area (Å²) in [7, 11) is 3.27. The van der Waals surface area contributed by atoms with Crippen molar-refractivity contribution in [3.63, 3.8) is 0 Å². The van der Waals surface area contributed by atoms with Crippen LogP contribution in [0.15, 0.2) is 47.5 Å². The van der Waals surface area contributed by atoms with Crippen molar-refractivity contribution in [1.29, 1.82) is 0 Å². The van der Waals surface area contributed by atoms with Crippen LogP contribution in [0.4, 0.5) is 0 Å². The molecule has 0 aliphatic carbocycles. The number of hydrogen-bond donors (Lipinski definition) is 2. The van der Waals surface area contributed by atoms with Crippen molar-refractivity contribution in [1.82, 2.24) is 5.32 Å². The monoisotopic (exact) mass is 527 g/mol. The lowest BCUT2D eigenvalue weighted by molar-refractivity contribution is 0.271. The molecule has 0 saturated carbocycles. The van der Waals surface area contributed by atoms with Crippen molar-refractivity contribution < 1.29 is 14.2 Å². The fourth-order valence-corrected chi connectivity index (χ4v) is 2.75. The highest BCUT2D eigenvalue weighted by Crippen LogP contribution is 2.27. The standard InChI is InChI=1S/C23H33N3O3.HI/c1-17(2)16-29-20-8-5-18(6-9-20)11-13-25-23(24)26-14-12-19-7-10-21(27-3)22(15-19)28-4;/h5-10,15,17H,11-14,16H2,1-4H3,(H3,24,25,26);1H. The minimum absolute atomic E-state index is 0. The van der Waals surface area contributed by atoms with E-state index >= 15 is 0 Å². The number of benzene rings is 2. The van der Waals surface area contributed by atoms with Crippen molar-refractivity contribution in [2.75, 3.05) is 33.9 Å².